The second kappa shape index (κ2) is 11.7. The molecule has 5 nitrogen and oxygen atoms in total. The third-order valence-electron chi connectivity index (χ3n) is 6.50. The fraction of sp³-hybridized carbons (Fsp3) is 0.440. The van der Waals surface area contributed by atoms with E-state index in [-0.39, 0.29) is 17.4 Å². The molecule has 9 heteroatoms. The first kappa shape index (κ1) is 25.2. The van der Waals surface area contributed by atoms with Crippen molar-refractivity contribution < 1.29 is 19.0 Å². The molecule has 1 saturated heterocycles. The number of fused-ring (bicyclic) bond motifs is 1. The fourth-order valence-corrected chi connectivity index (χ4v) is 6.70. The number of hydrogen-bond acceptors (Lipinski definition) is 6. The Bertz CT molecular complexity index is 1110. The number of ether oxygens (including phenoxy) is 1. The van der Waals surface area contributed by atoms with E-state index in [0.29, 0.717) is 35.2 Å². The Labute approximate surface area is 212 Å². The average Bonchev–Trinajstić information content (AvgIpc) is 3.36. The third kappa shape index (κ3) is 6.03. The van der Waals surface area contributed by atoms with Crippen LogP contribution in [0, 0.1) is 11.8 Å². The molecular formula is C25H28ClFN2O3S2. The summed E-state index contributed by atoms with van der Waals surface area (Å²) in [6.07, 6.45) is 1.65. The smallest absolute Gasteiger partial charge is 0.308 e. The maximum atomic E-state index is 15.5. The van der Waals surface area contributed by atoms with Crippen LogP contribution in [0.5, 0.6) is 5.75 Å². The summed E-state index contributed by atoms with van der Waals surface area (Å²) in [5.41, 5.74) is 1.06. The number of alkyl halides is 1. The highest BCUT2D eigenvalue weighted by atomic mass is 35.5. The maximum Gasteiger partial charge on any atom is 0.308 e. The minimum atomic E-state index is -1.31. The zero-order valence-corrected chi connectivity index (χ0v) is 21.3. The Morgan fingerprint density at radius 1 is 1.44 bits per heavy atom. The first-order chi connectivity index (χ1) is 16.5. The number of pyridine rings is 1. The van der Waals surface area contributed by atoms with Crippen molar-refractivity contribution in [1.82, 2.24) is 9.88 Å². The van der Waals surface area contributed by atoms with Crippen LogP contribution in [-0.2, 0) is 4.79 Å². The van der Waals surface area contributed by atoms with Gasteiger partial charge in [0.25, 0.3) is 0 Å². The molecule has 1 fully saturated rings. The van der Waals surface area contributed by atoms with E-state index in [2.05, 4.69) is 26.7 Å². The average molecular weight is 523 g/mol. The standard InChI is InChI=1S/C25H28ClFN2O3S2/c1-32-17-3-5-23-19(12-17)24(21(26)13-28-23)22(27)4-2-16-6-8-29(14-20(16)25(30)31)9-11-34-18-7-10-33-15-18/h3,5,7,10,12-13,15-16,20,22H,2,4,6,8-9,11,14H2,1H3,(H,30,31)/t16?,20?,22-/m1/s1. The number of likely N-dealkylation sites (tertiary alicyclic amines) is 1. The zero-order valence-electron chi connectivity index (χ0n) is 19.0. The molecule has 0 amide bonds. The first-order valence-corrected chi connectivity index (χ1v) is 13.6. The van der Waals surface area contributed by atoms with Crippen molar-refractivity contribution in [3.63, 3.8) is 0 Å². The number of thiophene rings is 1. The van der Waals surface area contributed by atoms with Crippen LogP contribution in [0.25, 0.3) is 10.9 Å². The second-order valence-electron chi connectivity index (χ2n) is 8.55. The lowest BCUT2D eigenvalue weighted by atomic mass is 9.81. The normalized spacial score (nSPS) is 19.9. The number of methoxy groups -OCH3 is 1. The summed E-state index contributed by atoms with van der Waals surface area (Å²) in [6.45, 7) is 2.20. The van der Waals surface area contributed by atoms with Crippen LogP contribution in [0.1, 0.15) is 31.0 Å². The van der Waals surface area contributed by atoms with Crippen LogP contribution in [0.3, 0.4) is 0 Å². The fourth-order valence-electron chi connectivity index (χ4n) is 4.64. The Hall–Kier alpha value is -1.87. The number of halogens is 2. The molecule has 0 aliphatic carbocycles. The number of benzene rings is 1. The van der Waals surface area contributed by atoms with Gasteiger partial charge in [0.15, 0.2) is 0 Å². The minimum Gasteiger partial charge on any atom is -0.497 e. The SMILES string of the molecule is COc1ccc2ncc(Cl)c([C@H](F)CCC3CCN(CCSc4ccsc4)CC3C(=O)O)c2c1. The molecule has 2 aromatic heterocycles. The van der Waals surface area contributed by atoms with Crippen LogP contribution in [-0.4, -0.2) is 53.5 Å². The Kier molecular flexibility index (Phi) is 8.69. The van der Waals surface area contributed by atoms with Crippen molar-refractivity contribution in [3.05, 3.63) is 51.8 Å². The van der Waals surface area contributed by atoms with Crippen LogP contribution in [0.4, 0.5) is 4.39 Å². The van der Waals surface area contributed by atoms with Gasteiger partial charge in [0.1, 0.15) is 11.9 Å². The van der Waals surface area contributed by atoms with Crippen molar-refractivity contribution in [3.8, 4) is 5.75 Å². The number of carboxylic acids is 1. The quantitative estimate of drug-likeness (QED) is 0.304. The van der Waals surface area contributed by atoms with E-state index in [4.69, 9.17) is 16.3 Å². The lowest BCUT2D eigenvalue weighted by molar-refractivity contribution is -0.146. The highest BCUT2D eigenvalue weighted by molar-refractivity contribution is 7.99. The van der Waals surface area contributed by atoms with Crippen molar-refractivity contribution in [2.75, 3.05) is 32.5 Å². The molecule has 1 aromatic carbocycles. The molecule has 1 N–H and O–H groups in total. The summed E-state index contributed by atoms with van der Waals surface area (Å²) in [5, 5.41) is 15.0. The van der Waals surface area contributed by atoms with Gasteiger partial charge < -0.3 is 14.7 Å². The van der Waals surface area contributed by atoms with E-state index in [9.17, 15) is 9.90 Å². The molecule has 4 rings (SSSR count). The number of nitrogens with zero attached hydrogens (tertiary/aromatic N) is 2. The lowest BCUT2D eigenvalue weighted by Gasteiger charge is -2.36. The number of rotatable bonds is 10. The summed E-state index contributed by atoms with van der Waals surface area (Å²) >= 11 is 9.82. The van der Waals surface area contributed by atoms with E-state index in [1.54, 1.807) is 48.4 Å². The van der Waals surface area contributed by atoms with Gasteiger partial charge in [-0.15, -0.1) is 11.8 Å². The van der Waals surface area contributed by atoms with E-state index < -0.39 is 18.1 Å². The third-order valence-corrected chi connectivity index (χ3v) is 8.61. The summed E-state index contributed by atoms with van der Waals surface area (Å²) < 4.78 is 20.8. The molecule has 1 aliphatic heterocycles. The number of piperidine rings is 1. The Balaban J connectivity index is 1.38. The first-order valence-electron chi connectivity index (χ1n) is 11.3. The van der Waals surface area contributed by atoms with Crippen molar-refractivity contribution in [2.24, 2.45) is 11.8 Å². The summed E-state index contributed by atoms with van der Waals surface area (Å²) in [6, 6.07) is 7.42. The summed E-state index contributed by atoms with van der Waals surface area (Å²) in [7, 11) is 1.56. The zero-order chi connectivity index (χ0) is 24.1. The number of hydrogen-bond donors (Lipinski definition) is 1. The van der Waals surface area contributed by atoms with Crippen LogP contribution < -0.4 is 4.74 Å². The Morgan fingerprint density at radius 2 is 2.29 bits per heavy atom. The number of aliphatic carboxylic acids is 1. The van der Waals surface area contributed by atoms with Gasteiger partial charge in [0.2, 0.25) is 0 Å². The monoisotopic (exact) mass is 522 g/mol. The number of aromatic nitrogens is 1. The molecule has 1 aliphatic rings. The van der Waals surface area contributed by atoms with Gasteiger partial charge in [0, 0.05) is 46.3 Å². The van der Waals surface area contributed by atoms with E-state index in [1.807, 2.05) is 0 Å². The minimum absolute atomic E-state index is 0.0575. The number of carboxylic acid groups (broad SMARTS) is 1. The van der Waals surface area contributed by atoms with Crippen LogP contribution in [0.15, 0.2) is 46.1 Å². The van der Waals surface area contributed by atoms with E-state index in [1.165, 1.54) is 11.1 Å². The van der Waals surface area contributed by atoms with Gasteiger partial charge in [-0.1, -0.05) is 11.6 Å². The van der Waals surface area contributed by atoms with Gasteiger partial charge in [-0.25, -0.2) is 4.39 Å². The van der Waals surface area contributed by atoms with Crippen molar-refractivity contribution in [1.29, 1.82) is 0 Å². The second-order valence-corrected chi connectivity index (χ2v) is 10.9. The van der Waals surface area contributed by atoms with Crippen molar-refractivity contribution in [2.45, 2.75) is 30.3 Å². The Morgan fingerprint density at radius 3 is 3.03 bits per heavy atom. The van der Waals surface area contributed by atoms with Gasteiger partial charge in [-0.2, -0.15) is 11.3 Å². The lowest BCUT2D eigenvalue weighted by Crippen LogP contribution is -2.44. The molecule has 0 spiro atoms. The predicted octanol–water partition coefficient (Wildman–Crippen LogP) is 6.56. The molecule has 3 heterocycles. The van der Waals surface area contributed by atoms with Gasteiger partial charge >= 0.3 is 5.97 Å². The highest BCUT2D eigenvalue weighted by Crippen LogP contribution is 2.38. The predicted molar refractivity (Wildman–Crippen MR) is 137 cm³/mol. The highest BCUT2D eigenvalue weighted by Gasteiger charge is 2.34. The van der Waals surface area contributed by atoms with Gasteiger partial charge in [-0.05, 0) is 61.4 Å². The number of carbonyl (C=O) groups is 1. The van der Waals surface area contributed by atoms with E-state index in [0.717, 1.165) is 25.3 Å². The van der Waals surface area contributed by atoms with Gasteiger partial charge in [-0.3, -0.25) is 9.78 Å². The van der Waals surface area contributed by atoms with Gasteiger partial charge in [0.05, 0.1) is 23.6 Å². The largest absolute Gasteiger partial charge is 0.497 e. The molecule has 3 atom stereocenters. The molecule has 34 heavy (non-hydrogen) atoms. The number of thioether (sulfide) groups is 1. The molecule has 0 radical (unpaired) electrons. The van der Waals surface area contributed by atoms with Crippen molar-refractivity contribution >= 4 is 51.6 Å². The van der Waals surface area contributed by atoms with Crippen LogP contribution >= 0.6 is 34.7 Å². The summed E-state index contributed by atoms with van der Waals surface area (Å²) in [4.78, 5) is 19.8. The maximum absolute atomic E-state index is 15.5. The molecule has 3 aromatic rings. The molecular weight excluding hydrogens is 495 g/mol. The topological polar surface area (TPSA) is 62.7 Å². The summed E-state index contributed by atoms with van der Waals surface area (Å²) in [5.74, 6) is 0.195. The molecule has 182 valence electrons. The molecule has 0 saturated carbocycles. The molecule has 0 bridgehead atoms. The van der Waals surface area contributed by atoms with E-state index >= 15 is 4.39 Å². The molecule has 2 unspecified atom stereocenters. The van der Waals surface area contributed by atoms with Crippen LogP contribution in [0.2, 0.25) is 5.02 Å².